The third-order valence-corrected chi connectivity index (χ3v) is 14.8. The largest absolute Gasteiger partial charge is 0.462 e. The summed E-state index contributed by atoms with van der Waals surface area (Å²) in [6, 6.07) is 0. The molecule has 1 atom stereocenters. The van der Waals surface area contributed by atoms with Crippen molar-refractivity contribution in [1.82, 2.24) is 0 Å². The molecule has 0 aliphatic rings. The maximum atomic E-state index is 12.4. The number of allylic oxidation sites excluding steroid dienone is 26. The molecule has 0 aromatic heterocycles. The molecule has 0 aliphatic carbocycles. The maximum Gasteiger partial charge on any atom is 0.306 e. The van der Waals surface area contributed by atoms with E-state index >= 15 is 0 Å². The number of rotatable bonds is 63. The Morgan fingerprint density at radius 3 is 0.714 bits per heavy atom. The molecule has 0 heterocycles. The van der Waals surface area contributed by atoms with E-state index in [0.717, 1.165) is 122 Å². The summed E-state index contributed by atoms with van der Waals surface area (Å²) in [4.78, 5) is 24.7. The van der Waals surface area contributed by atoms with Crippen molar-refractivity contribution >= 4 is 11.9 Å². The number of hydrogen-bond acceptors (Lipinski definition) is 5. The Labute approximate surface area is 520 Å². The van der Waals surface area contributed by atoms with Gasteiger partial charge in [-0.2, -0.15) is 0 Å². The summed E-state index contributed by atoms with van der Waals surface area (Å²) < 4.78 is 10.8. The lowest BCUT2D eigenvalue weighted by molar-refractivity contribution is -0.161. The molecule has 0 saturated carbocycles. The monoisotopic (exact) mass is 1160 g/mol. The minimum Gasteiger partial charge on any atom is -0.462 e. The fraction of sp³-hybridized carbons (Fsp3) is 0.646. The minimum absolute atomic E-state index is 0.0733. The van der Waals surface area contributed by atoms with E-state index in [1.54, 1.807) is 0 Å². The highest BCUT2D eigenvalue weighted by atomic mass is 16.6. The van der Waals surface area contributed by atoms with Crippen LogP contribution < -0.4 is 0 Å². The molecule has 0 aliphatic heterocycles. The fourth-order valence-corrected chi connectivity index (χ4v) is 9.66. The Morgan fingerprint density at radius 1 is 0.274 bits per heavy atom. The molecule has 0 amide bonds. The van der Waals surface area contributed by atoms with Crippen LogP contribution in [0, 0.1) is 0 Å². The van der Waals surface area contributed by atoms with Gasteiger partial charge in [0.25, 0.3) is 0 Å². The molecular formula is C79H130O5. The highest BCUT2D eigenvalue weighted by Crippen LogP contribution is 2.17. The SMILES string of the molecule is CC/C=C\C/C=C\C/C=C\C/C=C\C/C=C\C/C=C\C/C=C\CCCCCCCCCCCCCCCCCCCCCC(=O)OC(CO)COC(=O)CCCCCCCCCCCC/C=C\C/C=C\C/C=C\C/C=C\C/C=C\C/C=C\CC. The number of aliphatic hydroxyl groups is 1. The first-order valence-corrected chi connectivity index (χ1v) is 35.0. The summed E-state index contributed by atoms with van der Waals surface area (Å²) in [5.41, 5.74) is 0. The van der Waals surface area contributed by atoms with E-state index < -0.39 is 6.10 Å². The number of esters is 2. The number of hydrogen-bond donors (Lipinski definition) is 1. The Kier molecular flexibility index (Phi) is 68.9. The first-order valence-electron chi connectivity index (χ1n) is 35.0. The van der Waals surface area contributed by atoms with Crippen LogP contribution in [0.3, 0.4) is 0 Å². The van der Waals surface area contributed by atoms with Crippen molar-refractivity contribution in [3.8, 4) is 0 Å². The summed E-state index contributed by atoms with van der Waals surface area (Å²) in [5, 5.41) is 9.71. The molecular weight excluding hydrogens is 1030 g/mol. The van der Waals surface area contributed by atoms with Crippen molar-refractivity contribution in [2.75, 3.05) is 13.2 Å². The van der Waals surface area contributed by atoms with E-state index in [4.69, 9.17) is 9.47 Å². The van der Waals surface area contributed by atoms with Gasteiger partial charge in [0.1, 0.15) is 6.61 Å². The van der Waals surface area contributed by atoms with Crippen molar-refractivity contribution in [2.45, 2.75) is 315 Å². The van der Waals surface area contributed by atoms with Crippen LogP contribution in [0.15, 0.2) is 158 Å². The number of ether oxygens (including phenoxy) is 2. The molecule has 0 saturated heterocycles. The van der Waals surface area contributed by atoms with Crippen molar-refractivity contribution < 1.29 is 24.2 Å². The Hall–Kier alpha value is -4.48. The molecule has 0 spiro atoms. The third-order valence-electron chi connectivity index (χ3n) is 14.8. The van der Waals surface area contributed by atoms with Crippen LogP contribution >= 0.6 is 0 Å². The molecule has 0 rings (SSSR count). The van der Waals surface area contributed by atoms with Crippen LogP contribution in [0.4, 0.5) is 0 Å². The van der Waals surface area contributed by atoms with Gasteiger partial charge in [0.2, 0.25) is 0 Å². The number of carbonyl (C=O) groups excluding carboxylic acids is 2. The first kappa shape index (κ1) is 79.5. The third kappa shape index (κ3) is 70.0. The molecule has 5 nitrogen and oxygen atoms in total. The van der Waals surface area contributed by atoms with Crippen LogP contribution in [-0.2, 0) is 19.1 Å². The summed E-state index contributed by atoms with van der Waals surface area (Å²) >= 11 is 0. The normalized spacial score (nSPS) is 13.2. The molecule has 476 valence electrons. The summed E-state index contributed by atoms with van der Waals surface area (Å²) in [6.07, 6.45) is 111. The second kappa shape index (κ2) is 72.8. The van der Waals surface area contributed by atoms with E-state index in [1.807, 2.05) is 0 Å². The predicted octanol–water partition coefficient (Wildman–Crippen LogP) is 24.6. The van der Waals surface area contributed by atoms with Gasteiger partial charge >= 0.3 is 11.9 Å². The van der Waals surface area contributed by atoms with E-state index in [-0.39, 0.29) is 25.2 Å². The van der Waals surface area contributed by atoms with Gasteiger partial charge in [-0.1, -0.05) is 332 Å². The summed E-state index contributed by atoms with van der Waals surface area (Å²) in [5.74, 6) is -0.593. The van der Waals surface area contributed by atoms with Crippen LogP contribution in [0.25, 0.3) is 0 Å². The Balaban J connectivity index is 3.49. The predicted molar refractivity (Wildman–Crippen MR) is 370 cm³/mol. The van der Waals surface area contributed by atoms with Crippen molar-refractivity contribution in [3.63, 3.8) is 0 Å². The quantitative estimate of drug-likeness (QED) is 0.0373. The van der Waals surface area contributed by atoms with Gasteiger partial charge < -0.3 is 14.6 Å². The standard InChI is InChI=1S/C79H130O5/c1-3-5-7-9-11-13-15-17-19-21-23-25-27-29-31-33-34-35-36-37-38-39-40-41-42-43-44-46-48-50-52-54-56-58-60-62-64-66-68-70-72-74-79(82)84-77(75-80)76-83-78(81)73-71-69-67-65-63-61-59-57-55-53-51-49-47-45-32-30-28-26-24-22-20-18-16-14-12-10-8-6-4-2/h5-8,11-14,17-20,23-26,29-32,34-35,37-38,47,49,77,80H,3-4,9-10,15-16,21-22,27-28,33,36,39-46,48,50-76H2,1-2H3/b7-5-,8-6-,13-11-,14-12-,19-17-,20-18-,25-23-,26-24-,31-29-,32-30-,35-34-,38-37-,49-47-. The highest BCUT2D eigenvalue weighted by Gasteiger charge is 2.16. The molecule has 0 radical (unpaired) electrons. The van der Waals surface area contributed by atoms with E-state index in [1.165, 1.54) is 161 Å². The van der Waals surface area contributed by atoms with Gasteiger partial charge in [-0.15, -0.1) is 0 Å². The average molecular weight is 1160 g/mol. The van der Waals surface area contributed by atoms with Crippen LogP contribution in [0.2, 0.25) is 0 Å². The lowest BCUT2D eigenvalue weighted by Crippen LogP contribution is -2.28. The zero-order chi connectivity index (χ0) is 60.5. The molecule has 84 heavy (non-hydrogen) atoms. The average Bonchev–Trinajstić information content (AvgIpc) is 3.51. The second-order valence-corrected chi connectivity index (χ2v) is 22.8. The van der Waals surface area contributed by atoms with Gasteiger partial charge in [0.15, 0.2) is 6.10 Å². The minimum atomic E-state index is -0.784. The lowest BCUT2D eigenvalue weighted by Gasteiger charge is -2.15. The molecule has 0 bridgehead atoms. The van der Waals surface area contributed by atoms with E-state index in [9.17, 15) is 14.7 Å². The smallest absolute Gasteiger partial charge is 0.306 e. The Morgan fingerprint density at radius 2 is 0.476 bits per heavy atom. The summed E-state index contributed by atoms with van der Waals surface area (Å²) in [7, 11) is 0. The molecule has 0 aromatic carbocycles. The van der Waals surface area contributed by atoms with Gasteiger partial charge in [-0.3, -0.25) is 9.59 Å². The zero-order valence-electron chi connectivity index (χ0n) is 54.6. The van der Waals surface area contributed by atoms with Crippen LogP contribution in [-0.4, -0.2) is 36.4 Å². The fourth-order valence-electron chi connectivity index (χ4n) is 9.66. The maximum absolute atomic E-state index is 12.4. The van der Waals surface area contributed by atoms with Crippen LogP contribution in [0.1, 0.15) is 309 Å². The van der Waals surface area contributed by atoms with Crippen LogP contribution in [0.5, 0.6) is 0 Å². The van der Waals surface area contributed by atoms with Gasteiger partial charge in [0, 0.05) is 12.8 Å². The molecule has 0 fully saturated rings. The lowest BCUT2D eigenvalue weighted by atomic mass is 10.0. The van der Waals surface area contributed by atoms with Gasteiger partial charge in [-0.05, 0) is 122 Å². The Bertz CT molecular complexity index is 1790. The van der Waals surface area contributed by atoms with E-state index in [0.29, 0.717) is 12.8 Å². The van der Waals surface area contributed by atoms with Gasteiger partial charge in [-0.25, -0.2) is 0 Å². The molecule has 5 heteroatoms. The van der Waals surface area contributed by atoms with E-state index in [2.05, 4.69) is 172 Å². The number of unbranched alkanes of at least 4 members (excludes halogenated alkanes) is 29. The topological polar surface area (TPSA) is 72.8 Å². The molecule has 1 N–H and O–H groups in total. The van der Waals surface area contributed by atoms with Gasteiger partial charge in [0.05, 0.1) is 6.61 Å². The summed E-state index contributed by atoms with van der Waals surface area (Å²) in [6.45, 7) is 3.92. The first-order chi connectivity index (χ1) is 41.6. The molecule has 0 aromatic rings. The van der Waals surface area contributed by atoms with Crippen molar-refractivity contribution in [1.29, 1.82) is 0 Å². The zero-order valence-corrected chi connectivity index (χ0v) is 54.6. The molecule has 1 unspecified atom stereocenters. The number of aliphatic hydroxyl groups excluding tert-OH is 1. The highest BCUT2D eigenvalue weighted by molar-refractivity contribution is 5.70. The van der Waals surface area contributed by atoms with Crippen molar-refractivity contribution in [3.05, 3.63) is 158 Å². The second-order valence-electron chi connectivity index (χ2n) is 22.8. The van der Waals surface area contributed by atoms with Crippen molar-refractivity contribution in [2.24, 2.45) is 0 Å². The number of carbonyl (C=O) groups is 2.